The molecule has 0 saturated carbocycles. The van der Waals surface area contributed by atoms with E-state index in [2.05, 4.69) is 31.0 Å². The topological polar surface area (TPSA) is 15.3 Å². The van der Waals surface area contributed by atoms with E-state index in [1.54, 1.807) is 0 Å². The Morgan fingerprint density at radius 1 is 1.19 bits per heavy atom. The second kappa shape index (κ2) is 5.50. The molecule has 2 saturated heterocycles. The lowest BCUT2D eigenvalue weighted by molar-refractivity contribution is 0.227. The quantitative estimate of drug-likeness (QED) is 0.789. The van der Waals surface area contributed by atoms with Crippen LogP contribution < -0.4 is 5.32 Å². The smallest absolute Gasteiger partial charge is 0.0235 e. The zero-order chi connectivity index (χ0) is 11.5. The Kier molecular flexibility index (Phi) is 4.26. The highest BCUT2D eigenvalue weighted by atomic mass is 15.2. The number of fused-ring (bicyclic) bond motifs is 1. The molecule has 0 aromatic rings. The maximum absolute atomic E-state index is 3.69. The summed E-state index contributed by atoms with van der Waals surface area (Å²) in [5.74, 6) is 1.79. The van der Waals surface area contributed by atoms with E-state index >= 15 is 0 Å². The Morgan fingerprint density at radius 2 is 2.00 bits per heavy atom. The molecule has 0 amide bonds. The van der Waals surface area contributed by atoms with Crippen molar-refractivity contribution >= 4 is 0 Å². The van der Waals surface area contributed by atoms with Crippen molar-refractivity contribution in [3.8, 4) is 0 Å². The SMILES string of the molecule is CC(C)CCC(C)N1CC2CCCNC2C1. The molecule has 2 aliphatic rings. The molecule has 0 spiro atoms. The van der Waals surface area contributed by atoms with Crippen molar-refractivity contribution in [3.05, 3.63) is 0 Å². The molecular weight excluding hydrogens is 196 g/mol. The molecule has 3 unspecified atom stereocenters. The van der Waals surface area contributed by atoms with Crippen LogP contribution >= 0.6 is 0 Å². The summed E-state index contributed by atoms with van der Waals surface area (Å²) < 4.78 is 0. The lowest BCUT2D eigenvalue weighted by Crippen LogP contribution is -2.41. The summed E-state index contributed by atoms with van der Waals surface area (Å²) in [6.45, 7) is 11.0. The summed E-state index contributed by atoms with van der Waals surface area (Å²) in [4.78, 5) is 2.72. The van der Waals surface area contributed by atoms with Gasteiger partial charge >= 0.3 is 0 Å². The highest BCUT2D eigenvalue weighted by molar-refractivity contribution is 4.93. The number of rotatable bonds is 4. The summed E-state index contributed by atoms with van der Waals surface area (Å²) in [5.41, 5.74) is 0. The van der Waals surface area contributed by atoms with Crippen LogP contribution in [0.25, 0.3) is 0 Å². The Morgan fingerprint density at radius 3 is 2.69 bits per heavy atom. The van der Waals surface area contributed by atoms with Crippen LogP contribution in [0.4, 0.5) is 0 Å². The zero-order valence-electron chi connectivity index (χ0n) is 11.2. The molecule has 1 N–H and O–H groups in total. The molecule has 16 heavy (non-hydrogen) atoms. The third-order valence-corrected chi connectivity index (χ3v) is 4.41. The van der Waals surface area contributed by atoms with Gasteiger partial charge in [0.1, 0.15) is 0 Å². The van der Waals surface area contributed by atoms with Crippen molar-refractivity contribution in [2.75, 3.05) is 19.6 Å². The standard InChI is InChI=1S/C14H28N2/c1-11(2)6-7-12(3)16-9-13-5-4-8-15-14(13)10-16/h11-15H,4-10H2,1-3H3. The zero-order valence-corrected chi connectivity index (χ0v) is 11.2. The average Bonchev–Trinajstić information content (AvgIpc) is 2.69. The molecular formula is C14H28N2. The van der Waals surface area contributed by atoms with Gasteiger partial charge in [0, 0.05) is 25.2 Å². The number of piperidine rings is 1. The minimum absolute atomic E-state index is 0.787. The first-order valence-corrected chi connectivity index (χ1v) is 7.14. The van der Waals surface area contributed by atoms with E-state index in [-0.39, 0.29) is 0 Å². The van der Waals surface area contributed by atoms with Gasteiger partial charge in [-0.25, -0.2) is 0 Å². The van der Waals surface area contributed by atoms with Crippen LogP contribution in [0.1, 0.15) is 46.5 Å². The molecule has 2 aliphatic heterocycles. The Bertz CT molecular complexity index is 201. The van der Waals surface area contributed by atoms with Crippen molar-refractivity contribution in [1.82, 2.24) is 10.2 Å². The van der Waals surface area contributed by atoms with Gasteiger partial charge in [-0.1, -0.05) is 13.8 Å². The van der Waals surface area contributed by atoms with Gasteiger partial charge in [0.2, 0.25) is 0 Å². The van der Waals surface area contributed by atoms with Crippen molar-refractivity contribution in [3.63, 3.8) is 0 Å². The molecule has 0 bridgehead atoms. The Balaban J connectivity index is 1.78. The number of hydrogen-bond acceptors (Lipinski definition) is 2. The van der Waals surface area contributed by atoms with Crippen LogP contribution in [0, 0.1) is 11.8 Å². The van der Waals surface area contributed by atoms with E-state index < -0.39 is 0 Å². The van der Waals surface area contributed by atoms with Crippen molar-refractivity contribution in [2.45, 2.75) is 58.5 Å². The third kappa shape index (κ3) is 2.98. The summed E-state index contributed by atoms with van der Waals surface area (Å²) in [5, 5.41) is 3.69. The molecule has 0 radical (unpaired) electrons. The highest BCUT2D eigenvalue weighted by Gasteiger charge is 2.35. The fraction of sp³-hybridized carbons (Fsp3) is 1.00. The van der Waals surface area contributed by atoms with Gasteiger partial charge in [-0.2, -0.15) is 0 Å². The second-order valence-electron chi connectivity index (χ2n) is 6.24. The molecule has 2 rings (SSSR count). The van der Waals surface area contributed by atoms with Gasteiger partial charge in [-0.05, 0) is 51.0 Å². The predicted octanol–water partition coefficient (Wildman–Crippen LogP) is 2.49. The third-order valence-electron chi connectivity index (χ3n) is 4.41. The van der Waals surface area contributed by atoms with E-state index in [0.29, 0.717) is 0 Å². The lowest BCUT2D eigenvalue weighted by Gasteiger charge is -2.25. The first-order valence-electron chi connectivity index (χ1n) is 7.14. The Labute approximate surface area is 101 Å². The average molecular weight is 224 g/mol. The van der Waals surface area contributed by atoms with Crippen LogP contribution in [0.2, 0.25) is 0 Å². The van der Waals surface area contributed by atoms with Crippen molar-refractivity contribution < 1.29 is 0 Å². The summed E-state index contributed by atoms with van der Waals surface area (Å²) in [7, 11) is 0. The van der Waals surface area contributed by atoms with Crippen LogP contribution in [-0.4, -0.2) is 36.6 Å². The van der Waals surface area contributed by atoms with E-state index in [9.17, 15) is 0 Å². The molecule has 94 valence electrons. The van der Waals surface area contributed by atoms with E-state index in [4.69, 9.17) is 0 Å². The predicted molar refractivity (Wildman–Crippen MR) is 69.6 cm³/mol. The summed E-state index contributed by atoms with van der Waals surface area (Å²) in [6, 6.07) is 1.59. The minimum atomic E-state index is 0.787. The molecule has 2 heterocycles. The van der Waals surface area contributed by atoms with Gasteiger partial charge in [0.25, 0.3) is 0 Å². The second-order valence-corrected chi connectivity index (χ2v) is 6.24. The van der Waals surface area contributed by atoms with E-state index in [1.807, 2.05) is 0 Å². The van der Waals surface area contributed by atoms with Crippen LogP contribution in [0.3, 0.4) is 0 Å². The molecule has 3 atom stereocenters. The van der Waals surface area contributed by atoms with Crippen LogP contribution in [0.5, 0.6) is 0 Å². The number of likely N-dealkylation sites (tertiary alicyclic amines) is 1. The van der Waals surface area contributed by atoms with Crippen LogP contribution in [-0.2, 0) is 0 Å². The molecule has 0 aromatic carbocycles. The maximum Gasteiger partial charge on any atom is 0.0235 e. The van der Waals surface area contributed by atoms with Gasteiger partial charge in [0.15, 0.2) is 0 Å². The fourth-order valence-corrected chi connectivity index (χ4v) is 3.20. The van der Waals surface area contributed by atoms with Gasteiger partial charge in [-0.15, -0.1) is 0 Å². The van der Waals surface area contributed by atoms with Gasteiger partial charge in [-0.3, -0.25) is 4.90 Å². The van der Waals surface area contributed by atoms with Gasteiger partial charge in [0.05, 0.1) is 0 Å². The normalized spacial score (nSPS) is 33.0. The molecule has 2 fully saturated rings. The lowest BCUT2D eigenvalue weighted by atomic mass is 9.94. The molecule has 2 nitrogen and oxygen atoms in total. The summed E-state index contributed by atoms with van der Waals surface area (Å²) >= 11 is 0. The van der Waals surface area contributed by atoms with E-state index in [0.717, 1.165) is 23.9 Å². The van der Waals surface area contributed by atoms with Crippen molar-refractivity contribution in [2.24, 2.45) is 11.8 Å². The molecule has 0 aromatic heterocycles. The van der Waals surface area contributed by atoms with Crippen molar-refractivity contribution in [1.29, 1.82) is 0 Å². The first-order chi connectivity index (χ1) is 7.66. The minimum Gasteiger partial charge on any atom is -0.312 e. The fourth-order valence-electron chi connectivity index (χ4n) is 3.20. The number of nitrogens with one attached hydrogen (secondary N) is 1. The largest absolute Gasteiger partial charge is 0.312 e. The monoisotopic (exact) mass is 224 g/mol. The first kappa shape index (κ1) is 12.4. The van der Waals surface area contributed by atoms with Crippen LogP contribution in [0.15, 0.2) is 0 Å². The van der Waals surface area contributed by atoms with Gasteiger partial charge < -0.3 is 5.32 Å². The number of hydrogen-bond donors (Lipinski definition) is 1. The Hall–Kier alpha value is -0.0800. The summed E-state index contributed by atoms with van der Waals surface area (Å²) in [6.07, 6.45) is 5.58. The molecule has 0 aliphatic carbocycles. The number of nitrogens with zero attached hydrogens (tertiary/aromatic N) is 1. The highest BCUT2D eigenvalue weighted by Crippen LogP contribution is 2.27. The molecule has 2 heteroatoms. The van der Waals surface area contributed by atoms with E-state index in [1.165, 1.54) is 45.3 Å². The maximum atomic E-state index is 3.69.